The normalized spacial score (nSPS) is 28.5. The molecule has 2 bridgehead atoms. The van der Waals surface area contributed by atoms with Gasteiger partial charge in [-0.15, -0.1) is 0 Å². The summed E-state index contributed by atoms with van der Waals surface area (Å²) in [5, 5.41) is 3.39. The molecular formula is C19H25ClN4O3. The second kappa shape index (κ2) is 6.27. The zero-order valence-electron chi connectivity index (χ0n) is 15.8. The molecule has 146 valence electrons. The molecule has 0 aliphatic carbocycles. The van der Waals surface area contributed by atoms with Gasteiger partial charge in [-0.1, -0.05) is 11.6 Å². The van der Waals surface area contributed by atoms with Gasteiger partial charge in [-0.3, -0.25) is 9.59 Å². The van der Waals surface area contributed by atoms with E-state index < -0.39 is 5.60 Å². The number of nitrogens with two attached hydrogens (primary N) is 1. The Morgan fingerprint density at radius 3 is 2.63 bits per heavy atom. The predicted molar refractivity (Wildman–Crippen MR) is 104 cm³/mol. The fraction of sp³-hybridized carbons (Fsp3) is 0.579. The maximum absolute atomic E-state index is 13.1. The second-order valence-electron chi connectivity index (χ2n) is 8.19. The van der Waals surface area contributed by atoms with Crippen molar-refractivity contribution in [2.24, 2.45) is 5.92 Å². The van der Waals surface area contributed by atoms with E-state index in [-0.39, 0.29) is 28.6 Å². The number of piperidine rings is 3. The van der Waals surface area contributed by atoms with Crippen molar-refractivity contribution in [3.05, 3.63) is 16.7 Å². The van der Waals surface area contributed by atoms with E-state index in [0.717, 1.165) is 32.5 Å². The number of ether oxygens (including phenoxy) is 1. The van der Waals surface area contributed by atoms with Crippen LogP contribution in [0.15, 0.2) is 6.07 Å². The molecule has 0 saturated carbocycles. The molecule has 1 atom stereocenters. The zero-order chi connectivity index (χ0) is 19.5. The van der Waals surface area contributed by atoms with Crippen molar-refractivity contribution in [3.63, 3.8) is 0 Å². The van der Waals surface area contributed by atoms with Crippen LogP contribution in [0.1, 0.15) is 37.0 Å². The number of rotatable bonds is 2. The average Bonchev–Trinajstić information content (AvgIpc) is 2.63. The standard InChI is InChI=1S/C19H25ClN4O3/c1-19(2)18(26)23(3)15-14(21)12(20)8-11(16(15)27-19)17(25)22-13-9-24-6-4-10(13)5-7-24/h8,10,13H,4-7,9,21H2,1-3H3,(H,22,25). The number of hydrogen-bond acceptors (Lipinski definition) is 5. The molecule has 3 saturated heterocycles. The van der Waals surface area contributed by atoms with Crippen molar-refractivity contribution in [2.45, 2.75) is 38.3 Å². The number of nitrogens with one attached hydrogen (secondary N) is 1. The average molecular weight is 393 g/mol. The predicted octanol–water partition coefficient (Wildman–Crippen LogP) is 1.88. The summed E-state index contributed by atoms with van der Waals surface area (Å²) in [4.78, 5) is 29.5. The highest BCUT2D eigenvalue weighted by Gasteiger charge is 2.43. The van der Waals surface area contributed by atoms with E-state index in [1.54, 1.807) is 20.9 Å². The van der Waals surface area contributed by atoms with Gasteiger partial charge in [0.25, 0.3) is 11.8 Å². The Morgan fingerprint density at radius 1 is 1.37 bits per heavy atom. The number of carbonyl (C=O) groups is 2. The lowest BCUT2D eigenvalue weighted by molar-refractivity contribution is -0.132. The third kappa shape index (κ3) is 2.93. The van der Waals surface area contributed by atoms with Gasteiger partial charge in [-0.2, -0.15) is 0 Å². The number of nitrogen functional groups attached to an aromatic ring is 1. The first-order chi connectivity index (χ1) is 12.7. The molecule has 1 aromatic carbocycles. The van der Waals surface area contributed by atoms with Crippen LogP contribution in [-0.4, -0.2) is 55.0 Å². The van der Waals surface area contributed by atoms with Crippen molar-refractivity contribution < 1.29 is 14.3 Å². The van der Waals surface area contributed by atoms with Gasteiger partial charge in [-0.25, -0.2) is 0 Å². The maximum atomic E-state index is 13.1. The van der Waals surface area contributed by atoms with Crippen molar-refractivity contribution in [3.8, 4) is 5.75 Å². The quantitative estimate of drug-likeness (QED) is 0.750. The first-order valence-electron chi connectivity index (χ1n) is 9.31. The smallest absolute Gasteiger partial charge is 0.270 e. The molecule has 3 N–H and O–H groups in total. The Hall–Kier alpha value is -1.99. The fourth-order valence-electron chi connectivity index (χ4n) is 4.42. The monoisotopic (exact) mass is 392 g/mol. The maximum Gasteiger partial charge on any atom is 0.270 e. The topological polar surface area (TPSA) is 87.9 Å². The number of likely N-dealkylation sites (N-methyl/N-ethyl adjacent to an activating group) is 1. The second-order valence-corrected chi connectivity index (χ2v) is 8.60. The Morgan fingerprint density at radius 2 is 2.04 bits per heavy atom. The number of benzene rings is 1. The van der Waals surface area contributed by atoms with E-state index in [9.17, 15) is 9.59 Å². The molecule has 7 nitrogen and oxygen atoms in total. The summed E-state index contributed by atoms with van der Waals surface area (Å²) in [6.07, 6.45) is 2.21. The van der Waals surface area contributed by atoms with Gasteiger partial charge in [0.1, 0.15) is 5.69 Å². The van der Waals surface area contributed by atoms with E-state index in [4.69, 9.17) is 22.1 Å². The molecule has 0 spiro atoms. The summed E-state index contributed by atoms with van der Waals surface area (Å²) < 4.78 is 5.94. The summed E-state index contributed by atoms with van der Waals surface area (Å²) in [5.74, 6) is 0.321. The minimum absolute atomic E-state index is 0.114. The van der Waals surface area contributed by atoms with Crippen LogP contribution in [0.2, 0.25) is 5.02 Å². The lowest BCUT2D eigenvalue weighted by Crippen LogP contribution is -2.57. The molecule has 8 heteroatoms. The van der Waals surface area contributed by atoms with Crippen LogP contribution in [0.25, 0.3) is 0 Å². The van der Waals surface area contributed by atoms with Gasteiger partial charge in [0.2, 0.25) is 0 Å². The molecule has 0 aromatic heterocycles. The van der Waals surface area contributed by atoms with Crippen molar-refractivity contribution in [1.82, 2.24) is 10.2 Å². The van der Waals surface area contributed by atoms with Crippen LogP contribution >= 0.6 is 11.6 Å². The van der Waals surface area contributed by atoms with E-state index in [1.807, 2.05) is 0 Å². The van der Waals surface area contributed by atoms with Crippen molar-refractivity contribution in [2.75, 3.05) is 37.3 Å². The van der Waals surface area contributed by atoms with Crippen molar-refractivity contribution in [1.29, 1.82) is 0 Å². The minimum Gasteiger partial charge on any atom is -0.475 e. The van der Waals surface area contributed by atoms with Crippen molar-refractivity contribution >= 4 is 34.8 Å². The molecule has 1 aromatic rings. The number of anilines is 2. The van der Waals surface area contributed by atoms with Gasteiger partial charge < -0.3 is 25.6 Å². The Kier molecular flexibility index (Phi) is 4.27. The van der Waals surface area contributed by atoms with Gasteiger partial charge in [0.05, 0.1) is 16.3 Å². The van der Waals surface area contributed by atoms with E-state index >= 15 is 0 Å². The highest BCUT2D eigenvalue weighted by Crippen LogP contribution is 2.46. The lowest BCUT2D eigenvalue weighted by Gasteiger charge is -2.45. The van der Waals surface area contributed by atoms with Gasteiger partial charge in [0, 0.05) is 19.6 Å². The first kappa shape index (κ1) is 18.4. The first-order valence-corrected chi connectivity index (χ1v) is 9.69. The van der Waals surface area contributed by atoms with E-state index in [0.29, 0.717) is 22.9 Å². The van der Waals surface area contributed by atoms with Crippen LogP contribution in [-0.2, 0) is 4.79 Å². The van der Waals surface area contributed by atoms with E-state index in [1.165, 1.54) is 11.0 Å². The SMILES string of the molecule is CN1C(=O)C(C)(C)Oc2c(C(=O)NC3CN4CCC3CC4)cc(Cl)c(N)c21. The van der Waals surface area contributed by atoms with Crippen LogP contribution in [0.4, 0.5) is 11.4 Å². The number of amides is 2. The summed E-state index contributed by atoms with van der Waals surface area (Å²) in [6.45, 7) is 6.42. The molecule has 5 rings (SSSR count). The number of fused-ring (bicyclic) bond motifs is 4. The molecule has 1 unspecified atom stereocenters. The Balaban J connectivity index is 1.70. The fourth-order valence-corrected chi connectivity index (χ4v) is 4.62. The highest BCUT2D eigenvalue weighted by molar-refractivity contribution is 6.35. The molecule has 4 aliphatic heterocycles. The summed E-state index contributed by atoms with van der Waals surface area (Å²) >= 11 is 6.28. The van der Waals surface area contributed by atoms with Gasteiger partial charge in [-0.05, 0) is 51.8 Å². The number of halogens is 1. The number of hydrogen-bond donors (Lipinski definition) is 2. The summed E-state index contributed by atoms with van der Waals surface area (Å²) in [5.41, 5.74) is 5.91. The Bertz CT molecular complexity index is 818. The molecular weight excluding hydrogens is 368 g/mol. The number of carbonyl (C=O) groups excluding carboxylic acids is 2. The summed E-state index contributed by atoms with van der Waals surface area (Å²) in [7, 11) is 1.62. The molecule has 3 fully saturated rings. The minimum atomic E-state index is -1.09. The van der Waals surface area contributed by atoms with Crippen LogP contribution in [0.3, 0.4) is 0 Å². The molecule has 27 heavy (non-hydrogen) atoms. The molecule has 4 heterocycles. The van der Waals surface area contributed by atoms with Crippen LogP contribution < -0.4 is 20.7 Å². The molecule has 4 aliphatic rings. The van der Waals surface area contributed by atoms with Gasteiger partial charge in [0.15, 0.2) is 11.4 Å². The third-order valence-electron chi connectivity index (χ3n) is 5.97. The zero-order valence-corrected chi connectivity index (χ0v) is 16.6. The van der Waals surface area contributed by atoms with Crippen LogP contribution in [0, 0.1) is 5.92 Å². The lowest BCUT2D eigenvalue weighted by atomic mass is 9.84. The van der Waals surface area contributed by atoms with E-state index in [2.05, 4.69) is 10.2 Å². The molecule has 2 amide bonds. The molecule has 0 radical (unpaired) electrons. The third-order valence-corrected chi connectivity index (χ3v) is 6.29. The van der Waals surface area contributed by atoms with Gasteiger partial charge >= 0.3 is 0 Å². The largest absolute Gasteiger partial charge is 0.475 e. The summed E-state index contributed by atoms with van der Waals surface area (Å²) in [6, 6.07) is 1.65. The number of nitrogens with zero attached hydrogens (tertiary/aromatic N) is 2. The van der Waals surface area contributed by atoms with Crippen LogP contribution in [0.5, 0.6) is 5.75 Å². The Labute approximate surface area is 163 Å². The highest BCUT2D eigenvalue weighted by atomic mass is 35.5.